The lowest BCUT2D eigenvalue weighted by Crippen LogP contribution is -2.34. The number of carbonyl (C=O) groups excluding carboxylic acids is 2. The highest BCUT2D eigenvalue weighted by Crippen LogP contribution is 2.12. The van der Waals surface area contributed by atoms with Crippen molar-refractivity contribution in [3.8, 4) is 5.75 Å². The summed E-state index contributed by atoms with van der Waals surface area (Å²) in [6.45, 7) is -0.286. The zero-order chi connectivity index (χ0) is 18.9. The van der Waals surface area contributed by atoms with Crippen LogP contribution in [0.1, 0.15) is 15.9 Å². The number of amides is 2. The molecule has 0 saturated heterocycles. The number of benzene rings is 2. The first-order chi connectivity index (χ1) is 12.5. The van der Waals surface area contributed by atoms with Crippen LogP contribution < -0.4 is 15.5 Å². The van der Waals surface area contributed by atoms with E-state index in [4.69, 9.17) is 4.74 Å². The molecule has 9 nitrogen and oxygen atoms in total. The molecule has 2 aromatic carbocycles. The third-order valence-corrected chi connectivity index (χ3v) is 3.25. The van der Waals surface area contributed by atoms with E-state index < -0.39 is 16.7 Å². The van der Waals surface area contributed by atoms with Gasteiger partial charge in [0.1, 0.15) is 5.75 Å². The highest BCUT2D eigenvalue weighted by Gasteiger charge is 2.10. The molecule has 134 valence electrons. The van der Waals surface area contributed by atoms with Crippen LogP contribution in [0.3, 0.4) is 0 Å². The number of methoxy groups -OCH3 is 1. The molecule has 0 aliphatic carbocycles. The Kier molecular flexibility index (Phi) is 6.38. The van der Waals surface area contributed by atoms with E-state index in [-0.39, 0.29) is 17.8 Å². The van der Waals surface area contributed by atoms with Gasteiger partial charge >= 0.3 is 0 Å². The fraction of sp³-hybridized carbons (Fsp3) is 0.118. The number of nitro benzene ring substituents is 1. The Balaban J connectivity index is 1.81. The molecule has 2 rings (SSSR count). The number of nitro groups is 1. The number of rotatable bonds is 7. The summed E-state index contributed by atoms with van der Waals surface area (Å²) in [6.07, 6.45) is 1.44. The first-order valence-corrected chi connectivity index (χ1v) is 7.48. The van der Waals surface area contributed by atoms with E-state index in [1.54, 1.807) is 31.4 Å². The molecular weight excluding hydrogens is 340 g/mol. The van der Waals surface area contributed by atoms with Crippen LogP contribution >= 0.6 is 0 Å². The summed E-state index contributed by atoms with van der Waals surface area (Å²) in [5.41, 5.74) is 3.11. The Morgan fingerprint density at radius 1 is 1.23 bits per heavy atom. The lowest BCUT2D eigenvalue weighted by atomic mass is 10.2. The number of hydrogen-bond donors (Lipinski definition) is 2. The number of ether oxygens (including phenoxy) is 1. The van der Waals surface area contributed by atoms with Crippen molar-refractivity contribution in [3.05, 3.63) is 69.8 Å². The van der Waals surface area contributed by atoms with Gasteiger partial charge in [-0.05, 0) is 29.8 Å². The quantitative estimate of drug-likeness (QED) is 0.442. The minimum atomic E-state index is -0.560. The molecule has 0 fully saturated rings. The zero-order valence-electron chi connectivity index (χ0n) is 13.8. The average Bonchev–Trinajstić information content (AvgIpc) is 2.66. The van der Waals surface area contributed by atoms with Crippen molar-refractivity contribution < 1.29 is 19.2 Å². The highest BCUT2D eigenvalue weighted by atomic mass is 16.6. The maximum absolute atomic E-state index is 11.9. The Morgan fingerprint density at radius 2 is 1.96 bits per heavy atom. The molecule has 0 atom stereocenters. The molecule has 0 aliphatic heterocycles. The van der Waals surface area contributed by atoms with Crippen molar-refractivity contribution in [1.82, 2.24) is 10.7 Å². The van der Waals surface area contributed by atoms with Gasteiger partial charge in [0.15, 0.2) is 0 Å². The number of nitrogens with one attached hydrogen (secondary N) is 2. The third-order valence-electron chi connectivity index (χ3n) is 3.25. The van der Waals surface area contributed by atoms with E-state index in [0.717, 1.165) is 5.56 Å². The molecule has 0 heterocycles. The van der Waals surface area contributed by atoms with Crippen LogP contribution in [0.4, 0.5) is 5.69 Å². The largest absolute Gasteiger partial charge is 0.497 e. The van der Waals surface area contributed by atoms with Gasteiger partial charge in [-0.25, -0.2) is 5.43 Å². The van der Waals surface area contributed by atoms with Crippen LogP contribution in [0.15, 0.2) is 53.6 Å². The van der Waals surface area contributed by atoms with Crippen molar-refractivity contribution in [3.63, 3.8) is 0 Å². The van der Waals surface area contributed by atoms with Crippen LogP contribution in [0.5, 0.6) is 5.75 Å². The molecule has 2 amide bonds. The van der Waals surface area contributed by atoms with Crippen LogP contribution in [0, 0.1) is 10.1 Å². The maximum atomic E-state index is 11.9. The van der Waals surface area contributed by atoms with Gasteiger partial charge < -0.3 is 10.1 Å². The van der Waals surface area contributed by atoms with E-state index in [2.05, 4.69) is 15.8 Å². The van der Waals surface area contributed by atoms with Crippen molar-refractivity contribution in [2.24, 2.45) is 5.10 Å². The number of hydrogen-bond acceptors (Lipinski definition) is 6. The second-order valence-electron chi connectivity index (χ2n) is 5.06. The van der Waals surface area contributed by atoms with Gasteiger partial charge in [-0.15, -0.1) is 0 Å². The zero-order valence-corrected chi connectivity index (χ0v) is 13.8. The normalized spacial score (nSPS) is 10.3. The van der Waals surface area contributed by atoms with Crippen LogP contribution in [0.2, 0.25) is 0 Å². The topological polar surface area (TPSA) is 123 Å². The average molecular weight is 356 g/mol. The fourth-order valence-electron chi connectivity index (χ4n) is 1.94. The van der Waals surface area contributed by atoms with Gasteiger partial charge in [0.25, 0.3) is 17.5 Å². The minimum Gasteiger partial charge on any atom is -0.497 e. The monoisotopic (exact) mass is 356 g/mol. The second-order valence-corrected chi connectivity index (χ2v) is 5.06. The molecule has 0 bridgehead atoms. The molecule has 0 aliphatic rings. The second kappa shape index (κ2) is 8.92. The Hall–Kier alpha value is -3.75. The number of hydrazone groups is 1. The SMILES string of the molecule is COc1cccc(/C=N/NC(=O)CNC(=O)c2ccc([N+](=O)[O-])cc2)c1. The summed E-state index contributed by atoms with van der Waals surface area (Å²) in [5, 5.41) is 16.8. The number of carbonyl (C=O) groups is 2. The van der Waals surface area contributed by atoms with Crippen LogP contribution in [-0.4, -0.2) is 36.6 Å². The lowest BCUT2D eigenvalue weighted by molar-refractivity contribution is -0.384. The summed E-state index contributed by atoms with van der Waals surface area (Å²) in [6, 6.07) is 12.1. The first-order valence-electron chi connectivity index (χ1n) is 7.48. The summed E-state index contributed by atoms with van der Waals surface area (Å²) in [4.78, 5) is 33.6. The summed E-state index contributed by atoms with van der Waals surface area (Å²) in [5.74, 6) is -0.373. The highest BCUT2D eigenvalue weighted by molar-refractivity contribution is 5.96. The van der Waals surface area contributed by atoms with Gasteiger partial charge in [0.2, 0.25) is 0 Å². The summed E-state index contributed by atoms with van der Waals surface area (Å²) >= 11 is 0. The predicted molar refractivity (Wildman–Crippen MR) is 94.2 cm³/mol. The first kappa shape index (κ1) is 18.6. The molecule has 0 radical (unpaired) electrons. The minimum absolute atomic E-state index is 0.119. The summed E-state index contributed by atoms with van der Waals surface area (Å²) < 4.78 is 5.08. The Morgan fingerprint density at radius 3 is 2.62 bits per heavy atom. The number of non-ortho nitro benzene ring substituents is 1. The third kappa shape index (κ3) is 5.41. The molecule has 9 heteroatoms. The van der Waals surface area contributed by atoms with Crippen molar-refractivity contribution in [2.75, 3.05) is 13.7 Å². The molecule has 26 heavy (non-hydrogen) atoms. The molecular formula is C17H16N4O5. The van der Waals surface area contributed by atoms with E-state index in [1.165, 1.54) is 30.5 Å². The Bertz CT molecular complexity index is 833. The van der Waals surface area contributed by atoms with Gasteiger partial charge in [0, 0.05) is 17.7 Å². The number of nitrogens with zero attached hydrogens (tertiary/aromatic N) is 2. The molecule has 0 unspecified atom stereocenters. The lowest BCUT2D eigenvalue weighted by Gasteiger charge is -2.04. The van der Waals surface area contributed by atoms with E-state index in [9.17, 15) is 19.7 Å². The molecule has 2 N–H and O–H groups in total. The molecule has 2 aromatic rings. The van der Waals surface area contributed by atoms with Crippen LogP contribution in [0.25, 0.3) is 0 Å². The van der Waals surface area contributed by atoms with Gasteiger partial charge in [-0.1, -0.05) is 12.1 Å². The Labute approximate surface area is 148 Å². The van der Waals surface area contributed by atoms with Gasteiger partial charge in [0.05, 0.1) is 24.8 Å². The van der Waals surface area contributed by atoms with Crippen molar-refractivity contribution in [2.45, 2.75) is 0 Å². The standard InChI is InChI=1S/C17H16N4O5/c1-26-15-4-2-3-12(9-15)10-19-20-16(22)11-18-17(23)13-5-7-14(8-6-13)21(24)25/h2-10H,11H2,1H3,(H,18,23)(H,20,22)/b19-10+. The fourth-order valence-corrected chi connectivity index (χ4v) is 1.94. The van der Waals surface area contributed by atoms with E-state index >= 15 is 0 Å². The van der Waals surface area contributed by atoms with E-state index in [1.807, 2.05) is 0 Å². The van der Waals surface area contributed by atoms with Gasteiger partial charge in [-0.3, -0.25) is 19.7 Å². The van der Waals surface area contributed by atoms with Crippen molar-refractivity contribution in [1.29, 1.82) is 0 Å². The molecule has 0 aromatic heterocycles. The smallest absolute Gasteiger partial charge is 0.269 e. The van der Waals surface area contributed by atoms with E-state index in [0.29, 0.717) is 5.75 Å². The van der Waals surface area contributed by atoms with Gasteiger partial charge in [-0.2, -0.15) is 5.10 Å². The molecule has 0 spiro atoms. The maximum Gasteiger partial charge on any atom is 0.269 e. The predicted octanol–water partition coefficient (Wildman–Crippen LogP) is 1.48. The molecule has 0 saturated carbocycles. The summed E-state index contributed by atoms with van der Waals surface area (Å²) in [7, 11) is 1.55. The van der Waals surface area contributed by atoms with Crippen LogP contribution in [-0.2, 0) is 4.79 Å². The van der Waals surface area contributed by atoms with Crippen molar-refractivity contribution >= 4 is 23.7 Å².